The maximum Gasteiger partial charge on any atom is 0.119 e. The second-order valence-corrected chi connectivity index (χ2v) is 5.25. The number of rotatable bonds is 3. The van der Waals surface area contributed by atoms with Crippen molar-refractivity contribution in [3.05, 3.63) is 0 Å². The number of hydrogen-bond donors (Lipinski definition) is 2. The molecule has 1 aliphatic carbocycles. The molecule has 18 heavy (non-hydrogen) atoms. The Labute approximate surface area is 107 Å². The summed E-state index contributed by atoms with van der Waals surface area (Å²) in [7, 11) is 3.35. The maximum atomic E-state index is 11.1. The van der Waals surface area contributed by atoms with Crippen molar-refractivity contribution in [3.63, 3.8) is 0 Å². The predicted octanol–water partition coefficient (Wildman–Crippen LogP) is -2.93. The Kier molecular flexibility index (Phi) is 4.21. The highest BCUT2D eigenvalue weighted by Gasteiger charge is 2.51. The van der Waals surface area contributed by atoms with Crippen LogP contribution in [-0.2, 0) is 14.3 Å². The standard InChI is InChI=1S/C12H22N2O4/c1-17-7-3-4-8(18-2)11-9(7)10(13)6(5-14-11)12(15)16/h6-11,14H,3-5,13H2,1-2H3,(H,15,16). The number of quaternary nitrogens is 1. The number of carbonyl (C=O) groups is 1. The third kappa shape index (κ3) is 2.25. The van der Waals surface area contributed by atoms with E-state index in [0.717, 1.165) is 12.8 Å². The zero-order valence-electron chi connectivity index (χ0n) is 10.9. The van der Waals surface area contributed by atoms with Gasteiger partial charge in [0.1, 0.15) is 12.1 Å². The van der Waals surface area contributed by atoms with Crippen LogP contribution in [0.15, 0.2) is 0 Å². The summed E-state index contributed by atoms with van der Waals surface area (Å²) in [5.74, 6) is -1.67. The molecule has 1 saturated heterocycles. The Balaban J connectivity index is 2.20. The minimum atomic E-state index is -1.06. The van der Waals surface area contributed by atoms with Crippen molar-refractivity contribution < 1.29 is 24.7 Å². The van der Waals surface area contributed by atoms with Crippen LogP contribution in [-0.4, -0.2) is 51.0 Å². The number of piperidine rings is 1. The van der Waals surface area contributed by atoms with E-state index in [1.807, 2.05) is 5.32 Å². The third-order valence-corrected chi connectivity index (χ3v) is 4.52. The second kappa shape index (κ2) is 5.52. The summed E-state index contributed by atoms with van der Waals surface area (Å²) in [6, 6.07) is -0.243. The number of fused-ring (bicyclic) bond motifs is 1. The van der Waals surface area contributed by atoms with E-state index < -0.39 is 17.9 Å². The summed E-state index contributed by atoms with van der Waals surface area (Å²) >= 11 is 0. The summed E-state index contributed by atoms with van der Waals surface area (Å²) in [5.41, 5.74) is 6.14. The Hall–Kier alpha value is -0.690. The Morgan fingerprint density at radius 2 is 1.89 bits per heavy atom. The average Bonchev–Trinajstić information content (AvgIpc) is 2.37. The SMILES string of the molecule is COC1CCC(OC)C2C(N)C(C(=O)[O-])C[NH2+]C12. The number of hydrogen-bond acceptors (Lipinski definition) is 5. The molecule has 2 aliphatic rings. The first-order valence-corrected chi connectivity index (χ1v) is 6.45. The number of nitrogens with two attached hydrogens (primary N) is 2. The molecule has 0 spiro atoms. The summed E-state index contributed by atoms with van der Waals surface area (Å²) in [5, 5.41) is 13.1. The highest BCUT2D eigenvalue weighted by molar-refractivity contribution is 5.68. The van der Waals surface area contributed by atoms with Gasteiger partial charge in [0.25, 0.3) is 0 Å². The zero-order valence-corrected chi connectivity index (χ0v) is 10.9. The minimum absolute atomic E-state index is 0.00495. The fourth-order valence-corrected chi connectivity index (χ4v) is 3.55. The van der Waals surface area contributed by atoms with Crippen LogP contribution in [0.1, 0.15) is 12.8 Å². The monoisotopic (exact) mass is 258 g/mol. The van der Waals surface area contributed by atoms with Gasteiger partial charge in [0.2, 0.25) is 0 Å². The summed E-state index contributed by atoms with van der Waals surface area (Å²) < 4.78 is 11.0. The van der Waals surface area contributed by atoms with Crippen LogP contribution in [0.25, 0.3) is 0 Å². The van der Waals surface area contributed by atoms with Crippen molar-refractivity contribution in [3.8, 4) is 0 Å². The van der Waals surface area contributed by atoms with E-state index in [9.17, 15) is 9.90 Å². The van der Waals surface area contributed by atoms with E-state index in [1.54, 1.807) is 14.2 Å². The van der Waals surface area contributed by atoms with Crippen molar-refractivity contribution in [1.82, 2.24) is 0 Å². The van der Waals surface area contributed by atoms with Crippen molar-refractivity contribution in [1.29, 1.82) is 0 Å². The molecule has 0 aromatic carbocycles. The summed E-state index contributed by atoms with van der Waals surface area (Å²) in [4.78, 5) is 11.1. The minimum Gasteiger partial charge on any atom is -0.550 e. The molecule has 0 aromatic heterocycles. The highest BCUT2D eigenvalue weighted by atomic mass is 16.5. The smallest absolute Gasteiger partial charge is 0.119 e. The molecule has 1 aliphatic heterocycles. The van der Waals surface area contributed by atoms with Gasteiger partial charge in [-0.2, -0.15) is 0 Å². The Bertz CT molecular complexity index is 312. The molecule has 104 valence electrons. The van der Waals surface area contributed by atoms with Gasteiger partial charge in [-0.15, -0.1) is 0 Å². The molecule has 2 fully saturated rings. The topological polar surface area (TPSA) is 101 Å². The molecular weight excluding hydrogens is 236 g/mol. The predicted molar refractivity (Wildman–Crippen MR) is 61.4 cm³/mol. The van der Waals surface area contributed by atoms with Gasteiger partial charge in [-0.25, -0.2) is 0 Å². The molecule has 0 aromatic rings. The molecule has 0 radical (unpaired) electrons. The van der Waals surface area contributed by atoms with E-state index in [-0.39, 0.29) is 24.2 Å². The lowest BCUT2D eigenvalue weighted by Gasteiger charge is -2.48. The first-order valence-electron chi connectivity index (χ1n) is 6.45. The summed E-state index contributed by atoms with van der Waals surface area (Å²) in [6.07, 6.45) is 1.91. The van der Waals surface area contributed by atoms with Crippen LogP contribution in [0, 0.1) is 11.8 Å². The van der Waals surface area contributed by atoms with E-state index in [0.29, 0.717) is 6.54 Å². The van der Waals surface area contributed by atoms with Gasteiger partial charge < -0.3 is 30.4 Å². The van der Waals surface area contributed by atoms with Crippen LogP contribution in [0.5, 0.6) is 0 Å². The van der Waals surface area contributed by atoms with Crippen molar-refractivity contribution in [2.45, 2.75) is 37.1 Å². The maximum absolute atomic E-state index is 11.1. The fraction of sp³-hybridized carbons (Fsp3) is 0.917. The van der Waals surface area contributed by atoms with Crippen molar-refractivity contribution in [2.75, 3.05) is 20.8 Å². The second-order valence-electron chi connectivity index (χ2n) is 5.25. The van der Waals surface area contributed by atoms with Gasteiger partial charge >= 0.3 is 0 Å². The van der Waals surface area contributed by atoms with Gasteiger partial charge in [-0.1, -0.05) is 0 Å². The summed E-state index contributed by atoms with van der Waals surface area (Å²) in [6.45, 7) is 0.459. The van der Waals surface area contributed by atoms with E-state index >= 15 is 0 Å². The van der Waals surface area contributed by atoms with E-state index in [4.69, 9.17) is 15.2 Å². The number of carboxylic acids is 1. The first kappa shape index (κ1) is 13.7. The molecular formula is C12H22N2O4. The van der Waals surface area contributed by atoms with Crippen LogP contribution >= 0.6 is 0 Å². The van der Waals surface area contributed by atoms with Gasteiger partial charge in [-0.05, 0) is 12.8 Å². The average molecular weight is 258 g/mol. The van der Waals surface area contributed by atoms with Crippen molar-refractivity contribution in [2.24, 2.45) is 17.6 Å². The lowest BCUT2D eigenvalue weighted by atomic mass is 9.70. The normalized spacial score (nSPS) is 44.4. The molecule has 6 unspecified atom stereocenters. The Morgan fingerprint density at radius 3 is 2.44 bits per heavy atom. The zero-order chi connectivity index (χ0) is 13.3. The molecule has 0 amide bonds. The van der Waals surface area contributed by atoms with Gasteiger partial charge in [0.05, 0.1) is 30.5 Å². The van der Waals surface area contributed by atoms with Crippen LogP contribution in [0.3, 0.4) is 0 Å². The molecule has 6 nitrogen and oxygen atoms in total. The molecule has 6 heteroatoms. The molecule has 1 heterocycles. The number of carbonyl (C=O) groups excluding carboxylic acids is 1. The third-order valence-electron chi connectivity index (χ3n) is 4.52. The largest absolute Gasteiger partial charge is 0.550 e. The number of aliphatic carboxylic acids is 1. The quantitative estimate of drug-likeness (QED) is 0.564. The fourth-order valence-electron chi connectivity index (χ4n) is 3.55. The van der Waals surface area contributed by atoms with Gasteiger partial charge in [0, 0.05) is 20.3 Å². The van der Waals surface area contributed by atoms with Gasteiger partial charge in [0.15, 0.2) is 0 Å². The number of ether oxygens (including phenoxy) is 2. The molecule has 1 saturated carbocycles. The molecule has 6 atom stereocenters. The number of methoxy groups -OCH3 is 2. The lowest BCUT2D eigenvalue weighted by Crippen LogP contribution is -3.00. The van der Waals surface area contributed by atoms with Gasteiger partial charge in [-0.3, -0.25) is 0 Å². The Morgan fingerprint density at radius 1 is 1.28 bits per heavy atom. The van der Waals surface area contributed by atoms with E-state index in [2.05, 4.69) is 0 Å². The van der Waals surface area contributed by atoms with Crippen molar-refractivity contribution >= 4 is 5.97 Å². The first-order chi connectivity index (χ1) is 8.60. The van der Waals surface area contributed by atoms with Crippen LogP contribution < -0.4 is 16.2 Å². The molecule has 4 N–H and O–H groups in total. The van der Waals surface area contributed by atoms with Crippen LogP contribution in [0.2, 0.25) is 0 Å². The van der Waals surface area contributed by atoms with Crippen LogP contribution in [0.4, 0.5) is 0 Å². The molecule has 0 bridgehead atoms. The molecule has 2 rings (SSSR count). The number of carboxylic acid groups (broad SMARTS) is 1. The van der Waals surface area contributed by atoms with E-state index in [1.165, 1.54) is 0 Å². The highest BCUT2D eigenvalue weighted by Crippen LogP contribution is 2.32. The lowest BCUT2D eigenvalue weighted by molar-refractivity contribution is -0.721.